The molecular weight excluding hydrogens is 358 g/mol. The number of hydrogen-bond acceptors (Lipinski definition) is 4. The number of likely N-dealkylation sites (tertiary alicyclic amines) is 1. The lowest BCUT2D eigenvalue weighted by molar-refractivity contribution is -0.152. The zero-order valence-corrected chi connectivity index (χ0v) is 18.0. The molecule has 0 amide bonds. The molecule has 0 bridgehead atoms. The Kier molecular flexibility index (Phi) is 4.43. The van der Waals surface area contributed by atoms with Gasteiger partial charge < -0.3 is 9.64 Å². The summed E-state index contributed by atoms with van der Waals surface area (Å²) in [5.74, 6) is 1.05. The maximum absolute atomic E-state index is 6.73. The molecule has 5 rings (SSSR count). The van der Waals surface area contributed by atoms with E-state index in [4.69, 9.17) is 9.84 Å². The van der Waals surface area contributed by atoms with E-state index in [0.29, 0.717) is 6.04 Å². The quantitative estimate of drug-likeness (QED) is 0.720. The van der Waals surface area contributed by atoms with Gasteiger partial charge in [0.15, 0.2) is 0 Å². The zero-order valence-electron chi connectivity index (χ0n) is 18.0. The van der Waals surface area contributed by atoms with Crippen LogP contribution in [0, 0.1) is 13.8 Å². The number of aryl methyl sites for hydroxylation is 2. The number of hydrogen-bond donors (Lipinski definition) is 0. The standard InChI is InChI=1S/C25H31N3O/c1-17(2)27-13-11-25(12-14-27)28-23(20-7-5-6-8-24(20)29-25)16-22(26-28)21-15-18(3)9-10-19(21)4/h5-10,15,17,23H,11-14,16H2,1-4H3. The Bertz CT molecular complexity index is 956. The van der Waals surface area contributed by atoms with Crippen molar-refractivity contribution in [3.05, 3.63) is 64.7 Å². The second-order valence-electron chi connectivity index (χ2n) is 9.15. The second-order valence-corrected chi connectivity index (χ2v) is 9.15. The summed E-state index contributed by atoms with van der Waals surface area (Å²) in [6.07, 6.45) is 2.92. The van der Waals surface area contributed by atoms with E-state index in [0.717, 1.165) is 38.1 Å². The minimum Gasteiger partial charge on any atom is -0.466 e. The number of hydrazone groups is 1. The fourth-order valence-electron chi connectivity index (χ4n) is 5.16. The summed E-state index contributed by atoms with van der Waals surface area (Å²) in [7, 11) is 0. The highest BCUT2D eigenvalue weighted by Crippen LogP contribution is 2.50. The van der Waals surface area contributed by atoms with Gasteiger partial charge in [0.2, 0.25) is 5.72 Å². The second kappa shape index (κ2) is 6.88. The number of para-hydroxylation sites is 1. The van der Waals surface area contributed by atoms with Crippen molar-refractivity contribution in [3.8, 4) is 5.75 Å². The Hall–Kier alpha value is -2.33. The van der Waals surface area contributed by atoms with Crippen LogP contribution in [-0.2, 0) is 0 Å². The van der Waals surface area contributed by atoms with Gasteiger partial charge in [-0.25, -0.2) is 5.01 Å². The Balaban J connectivity index is 1.56. The number of ether oxygens (including phenoxy) is 1. The molecule has 2 aromatic carbocycles. The topological polar surface area (TPSA) is 28.1 Å². The molecular formula is C25H31N3O. The van der Waals surface area contributed by atoms with E-state index in [9.17, 15) is 0 Å². The first-order chi connectivity index (χ1) is 14.0. The van der Waals surface area contributed by atoms with Gasteiger partial charge in [-0.3, -0.25) is 0 Å². The summed E-state index contributed by atoms with van der Waals surface area (Å²) in [5.41, 5.74) is 6.01. The Labute approximate surface area is 174 Å². The van der Waals surface area contributed by atoms with Crippen LogP contribution in [-0.4, -0.2) is 40.5 Å². The van der Waals surface area contributed by atoms with E-state index in [1.807, 2.05) is 0 Å². The normalized spacial score (nSPS) is 23.0. The van der Waals surface area contributed by atoms with E-state index in [1.165, 1.54) is 28.0 Å². The maximum atomic E-state index is 6.73. The summed E-state index contributed by atoms with van der Waals surface area (Å²) in [5, 5.41) is 7.56. The molecule has 1 unspecified atom stereocenters. The summed E-state index contributed by atoms with van der Waals surface area (Å²) >= 11 is 0. The highest BCUT2D eigenvalue weighted by Gasteiger charge is 2.51. The summed E-state index contributed by atoms with van der Waals surface area (Å²) < 4.78 is 6.73. The number of rotatable bonds is 2. The summed E-state index contributed by atoms with van der Waals surface area (Å²) in [4.78, 5) is 2.55. The molecule has 1 atom stereocenters. The number of nitrogens with zero attached hydrogens (tertiary/aromatic N) is 3. The minimum atomic E-state index is -0.329. The van der Waals surface area contributed by atoms with Crippen molar-refractivity contribution >= 4 is 5.71 Å². The molecule has 0 saturated carbocycles. The molecule has 3 aliphatic heterocycles. The van der Waals surface area contributed by atoms with E-state index < -0.39 is 0 Å². The number of piperidine rings is 1. The number of fused-ring (bicyclic) bond motifs is 4. The Morgan fingerprint density at radius 3 is 2.59 bits per heavy atom. The third-order valence-electron chi connectivity index (χ3n) is 6.92. The van der Waals surface area contributed by atoms with Gasteiger partial charge in [-0.1, -0.05) is 35.9 Å². The van der Waals surface area contributed by atoms with Crippen LogP contribution in [0.4, 0.5) is 0 Å². The maximum Gasteiger partial charge on any atom is 0.200 e. The molecule has 0 radical (unpaired) electrons. The molecule has 1 spiro atoms. The molecule has 1 saturated heterocycles. The van der Waals surface area contributed by atoms with Gasteiger partial charge in [0.05, 0.1) is 11.8 Å². The van der Waals surface area contributed by atoms with Crippen LogP contribution in [0.15, 0.2) is 47.6 Å². The molecule has 3 aliphatic rings. The van der Waals surface area contributed by atoms with Crippen molar-refractivity contribution in [2.45, 2.75) is 64.8 Å². The SMILES string of the molecule is Cc1ccc(C)c(C2=NN3C(C2)c2ccccc2OC32CCN(C(C)C)CC2)c1. The van der Waals surface area contributed by atoms with Crippen molar-refractivity contribution in [3.63, 3.8) is 0 Å². The van der Waals surface area contributed by atoms with Crippen molar-refractivity contribution in [2.24, 2.45) is 5.10 Å². The number of benzene rings is 2. The van der Waals surface area contributed by atoms with Crippen LogP contribution in [0.5, 0.6) is 5.75 Å². The van der Waals surface area contributed by atoms with E-state index >= 15 is 0 Å². The Morgan fingerprint density at radius 1 is 1.07 bits per heavy atom. The van der Waals surface area contributed by atoms with Gasteiger partial charge in [-0.15, -0.1) is 0 Å². The molecule has 4 heteroatoms. The molecule has 0 N–H and O–H groups in total. The van der Waals surface area contributed by atoms with Crippen molar-refractivity contribution < 1.29 is 4.74 Å². The smallest absolute Gasteiger partial charge is 0.200 e. The first kappa shape index (κ1) is 18.7. The average molecular weight is 390 g/mol. The van der Waals surface area contributed by atoms with Gasteiger partial charge in [0.1, 0.15) is 5.75 Å². The van der Waals surface area contributed by atoms with Crippen LogP contribution in [0.3, 0.4) is 0 Å². The first-order valence-electron chi connectivity index (χ1n) is 10.9. The molecule has 1 fully saturated rings. The molecule has 152 valence electrons. The van der Waals surface area contributed by atoms with Crippen LogP contribution in [0.1, 0.15) is 61.4 Å². The fourth-order valence-corrected chi connectivity index (χ4v) is 5.16. The van der Waals surface area contributed by atoms with E-state index in [2.05, 4.69) is 80.1 Å². The Morgan fingerprint density at radius 2 is 1.83 bits per heavy atom. The first-order valence-corrected chi connectivity index (χ1v) is 10.9. The molecule has 4 nitrogen and oxygen atoms in total. The van der Waals surface area contributed by atoms with Crippen LogP contribution in [0.25, 0.3) is 0 Å². The average Bonchev–Trinajstić information content (AvgIpc) is 3.17. The largest absolute Gasteiger partial charge is 0.466 e. The summed E-state index contributed by atoms with van der Waals surface area (Å²) in [6, 6.07) is 16.1. The predicted molar refractivity (Wildman–Crippen MR) is 117 cm³/mol. The van der Waals surface area contributed by atoms with Crippen LogP contribution < -0.4 is 4.74 Å². The lowest BCUT2D eigenvalue weighted by Crippen LogP contribution is -2.59. The van der Waals surface area contributed by atoms with Gasteiger partial charge in [0.25, 0.3) is 0 Å². The van der Waals surface area contributed by atoms with Crippen LogP contribution >= 0.6 is 0 Å². The van der Waals surface area contributed by atoms with Crippen LogP contribution in [0.2, 0.25) is 0 Å². The zero-order chi connectivity index (χ0) is 20.2. The summed E-state index contributed by atoms with van der Waals surface area (Å²) in [6.45, 7) is 11.0. The van der Waals surface area contributed by atoms with Gasteiger partial charge >= 0.3 is 0 Å². The predicted octanol–water partition coefficient (Wildman–Crippen LogP) is 5.05. The van der Waals surface area contributed by atoms with Gasteiger partial charge in [-0.2, -0.15) is 5.10 Å². The molecule has 0 aromatic heterocycles. The fraction of sp³-hybridized carbons (Fsp3) is 0.480. The van der Waals surface area contributed by atoms with Crippen molar-refractivity contribution in [2.75, 3.05) is 13.1 Å². The van der Waals surface area contributed by atoms with Gasteiger partial charge in [-0.05, 0) is 45.4 Å². The lowest BCUT2D eigenvalue weighted by Gasteiger charge is -2.51. The third kappa shape index (κ3) is 3.05. The monoisotopic (exact) mass is 389 g/mol. The molecule has 3 heterocycles. The third-order valence-corrected chi connectivity index (χ3v) is 6.92. The van der Waals surface area contributed by atoms with Crippen molar-refractivity contribution in [1.29, 1.82) is 0 Å². The lowest BCUT2D eigenvalue weighted by atomic mass is 9.90. The highest BCUT2D eigenvalue weighted by molar-refractivity contribution is 6.03. The highest BCUT2D eigenvalue weighted by atomic mass is 16.5. The van der Waals surface area contributed by atoms with E-state index in [1.54, 1.807) is 0 Å². The molecule has 2 aromatic rings. The van der Waals surface area contributed by atoms with Crippen molar-refractivity contribution in [1.82, 2.24) is 9.91 Å². The molecule has 29 heavy (non-hydrogen) atoms. The molecule has 0 aliphatic carbocycles. The minimum absolute atomic E-state index is 0.264. The van der Waals surface area contributed by atoms with E-state index in [-0.39, 0.29) is 11.8 Å². The van der Waals surface area contributed by atoms with Gasteiger partial charge in [0, 0.05) is 49.5 Å².